The Balaban J connectivity index is 3.08. The molecule has 0 aliphatic heterocycles. The van der Waals surface area contributed by atoms with Gasteiger partial charge in [-0.15, -0.1) is 0 Å². The van der Waals surface area contributed by atoms with Crippen molar-refractivity contribution >= 4 is 23.0 Å². The maximum absolute atomic E-state index is 12.4. The van der Waals surface area contributed by atoms with Crippen LogP contribution in [-0.2, 0) is 6.18 Å². The molecule has 0 atom stereocenters. The molecule has 1 aromatic carbocycles. The number of nitrogens with one attached hydrogen (secondary N) is 1. The molecule has 0 saturated carbocycles. The molecule has 92 valence electrons. The lowest BCUT2D eigenvalue weighted by atomic mass is 10.2. The quantitative estimate of drug-likeness (QED) is 0.664. The minimum absolute atomic E-state index is 0.0121. The molecular weight excluding hydrogens is 269 g/mol. The van der Waals surface area contributed by atoms with Gasteiger partial charge >= 0.3 is 6.18 Å². The number of hydrogen-bond acceptors (Lipinski definition) is 4. The van der Waals surface area contributed by atoms with E-state index in [1.807, 2.05) is 0 Å². The number of hydrazone groups is 1. The fraction of sp³-hybridized carbons (Fsp3) is 0.100. The summed E-state index contributed by atoms with van der Waals surface area (Å²) in [6.45, 7) is 0. The maximum Gasteiger partial charge on any atom is 0.416 e. The Kier molecular flexibility index (Phi) is 4.13. The van der Waals surface area contributed by atoms with Gasteiger partial charge in [-0.3, -0.25) is 5.43 Å². The van der Waals surface area contributed by atoms with Crippen LogP contribution in [0.1, 0.15) is 5.56 Å². The van der Waals surface area contributed by atoms with Crippen molar-refractivity contribution in [2.75, 3.05) is 5.43 Å². The van der Waals surface area contributed by atoms with E-state index in [1.54, 1.807) is 0 Å². The highest BCUT2D eigenvalue weighted by Gasteiger charge is 2.30. The topological polar surface area (TPSA) is 72.0 Å². The van der Waals surface area contributed by atoms with Gasteiger partial charge in [0.15, 0.2) is 0 Å². The highest BCUT2D eigenvalue weighted by Crippen LogP contribution is 2.33. The van der Waals surface area contributed by atoms with E-state index in [2.05, 4.69) is 10.5 Å². The highest BCUT2D eigenvalue weighted by molar-refractivity contribution is 6.33. The van der Waals surface area contributed by atoms with Gasteiger partial charge in [-0.05, 0) is 18.2 Å². The minimum atomic E-state index is -4.52. The summed E-state index contributed by atoms with van der Waals surface area (Å²) in [5, 5.41) is 20.1. The summed E-state index contributed by atoms with van der Waals surface area (Å²) in [6, 6.07) is 5.48. The van der Waals surface area contributed by atoms with Crippen LogP contribution in [0.3, 0.4) is 0 Å². The largest absolute Gasteiger partial charge is 0.416 e. The van der Waals surface area contributed by atoms with Crippen LogP contribution in [0.15, 0.2) is 23.3 Å². The van der Waals surface area contributed by atoms with Crippen LogP contribution in [0.5, 0.6) is 0 Å². The molecule has 0 fully saturated rings. The summed E-state index contributed by atoms with van der Waals surface area (Å²) in [6.07, 6.45) is -4.52. The molecule has 1 N–H and O–H groups in total. The Bertz CT molecular complexity index is 550. The summed E-state index contributed by atoms with van der Waals surface area (Å²) >= 11 is 5.65. The zero-order chi connectivity index (χ0) is 13.8. The molecule has 0 bridgehead atoms. The first-order valence-electron chi connectivity index (χ1n) is 4.39. The van der Waals surface area contributed by atoms with Crippen molar-refractivity contribution < 1.29 is 13.2 Å². The molecule has 0 unspecified atom stereocenters. The van der Waals surface area contributed by atoms with E-state index in [9.17, 15) is 13.2 Å². The first-order valence-corrected chi connectivity index (χ1v) is 4.77. The lowest BCUT2D eigenvalue weighted by molar-refractivity contribution is -0.137. The predicted molar refractivity (Wildman–Crippen MR) is 58.7 cm³/mol. The van der Waals surface area contributed by atoms with E-state index < -0.39 is 17.5 Å². The molecule has 4 nitrogen and oxygen atoms in total. The summed E-state index contributed by atoms with van der Waals surface area (Å²) in [4.78, 5) is 0. The standard InChI is InChI=1S/C10H4ClF3N4/c11-8-2-1-6(10(12,13)14)3-9(8)18-17-7(4-15)5-16/h1-3,18H. The second kappa shape index (κ2) is 5.39. The fourth-order valence-electron chi connectivity index (χ4n) is 0.978. The van der Waals surface area contributed by atoms with Crippen molar-refractivity contribution in [1.82, 2.24) is 0 Å². The van der Waals surface area contributed by atoms with Gasteiger partial charge in [-0.1, -0.05) is 11.6 Å². The molecule has 0 spiro atoms. The van der Waals surface area contributed by atoms with Gasteiger partial charge < -0.3 is 0 Å². The third kappa shape index (κ3) is 3.37. The molecule has 0 aliphatic rings. The fourth-order valence-corrected chi connectivity index (χ4v) is 1.14. The van der Waals surface area contributed by atoms with Crippen molar-refractivity contribution in [3.8, 4) is 12.1 Å². The van der Waals surface area contributed by atoms with E-state index >= 15 is 0 Å². The Morgan fingerprint density at radius 2 is 1.89 bits per heavy atom. The Morgan fingerprint density at radius 3 is 2.39 bits per heavy atom. The van der Waals surface area contributed by atoms with E-state index in [4.69, 9.17) is 22.1 Å². The second-order valence-corrected chi connectivity index (χ2v) is 3.40. The molecule has 0 radical (unpaired) electrons. The smallest absolute Gasteiger partial charge is 0.275 e. The van der Waals surface area contributed by atoms with Gasteiger partial charge in [0.05, 0.1) is 16.3 Å². The number of alkyl halides is 3. The van der Waals surface area contributed by atoms with E-state index in [0.29, 0.717) is 0 Å². The number of benzene rings is 1. The number of nitriles is 2. The zero-order valence-corrected chi connectivity index (χ0v) is 9.34. The molecule has 0 saturated heterocycles. The van der Waals surface area contributed by atoms with Crippen LogP contribution >= 0.6 is 11.6 Å². The van der Waals surface area contributed by atoms with Crippen LogP contribution in [0, 0.1) is 22.7 Å². The van der Waals surface area contributed by atoms with Crippen molar-refractivity contribution in [2.24, 2.45) is 5.10 Å². The third-order valence-electron chi connectivity index (χ3n) is 1.79. The number of nitrogens with zero attached hydrogens (tertiary/aromatic N) is 3. The van der Waals surface area contributed by atoms with Gasteiger partial charge in [0.1, 0.15) is 12.1 Å². The normalized spacial score (nSPS) is 10.1. The first kappa shape index (κ1) is 13.8. The summed E-state index contributed by atoms with van der Waals surface area (Å²) in [7, 11) is 0. The van der Waals surface area contributed by atoms with Gasteiger partial charge in [0, 0.05) is 0 Å². The Morgan fingerprint density at radius 1 is 1.28 bits per heavy atom. The summed E-state index contributed by atoms with van der Waals surface area (Å²) in [5.41, 5.74) is 0.553. The lowest BCUT2D eigenvalue weighted by Gasteiger charge is -2.09. The second-order valence-electron chi connectivity index (χ2n) is 2.99. The van der Waals surface area contributed by atoms with Gasteiger partial charge in [-0.25, -0.2) is 0 Å². The Hall–Kier alpha value is -2.25. The van der Waals surface area contributed by atoms with E-state index in [0.717, 1.165) is 18.2 Å². The van der Waals surface area contributed by atoms with Crippen molar-refractivity contribution in [3.63, 3.8) is 0 Å². The number of anilines is 1. The molecule has 0 heterocycles. The van der Waals surface area contributed by atoms with Crippen LogP contribution in [0.25, 0.3) is 0 Å². The zero-order valence-electron chi connectivity index (χ0n) is 8.59. The first-order chi connectivity index (χ1) is 8.38. The molecule has 8 heteroatoms. The van der Waals surface area contributed by atoms with E-state index in [-0.39, 0.29) is 10.7 Å². The van der Waals surface area contributed by atoms with Crippen LogP contribution < -0.4 is 5.43 Å². The third-order valence-corrected chi connectivity index (χ3v) is 2.12. The molecule has 1 aromatic rings. The monoisotopic (exact) mass is 272 g/mol. The van der Waals surface area contributed by atoms with Crippen molar-refractivity contribution in [1.29, 1.82) is 10.5 Å². The number of rotatable bonds is 2. The lowest BCUT2D eigenvalue weighted by Crippen LogP contribution is -2.06. The molecule has 0 aromatic heterocycles. The SMILES string of the molecule is N#CC(C#N)=NNc1cc(C(F)(F)F)ccc1Cl. The van der Waals surface area contributed by atoms with Gasteiger partial charge in [0.25, 0.3) is 0 Å². The average Bonchev–Trinajstić information content (AvgIpc) is 2.31. The molecule has 1 rings (SSSR count). The van der Waals surface area contributed by atoms with Crippen molar-refractivity contribution in [3.05, 3.63) is 28.8 Å². The van der Waals surface area contributed by atoms with E-state index in [1.165, 1.54) is 12.1 Å². The number of halogens is 4. The van der Waals surface area contributed by atoms with Gasteiger partial charge in [-0.2, -0.15) is 28.8 Å². The minimum Gasteiger partial charge on any atom is -0.275 e. The highest BCUT2D eigenvalue weighted by atomic mass is 35.5. The van der Waals surface area contributed by atoms with Crippen LogP contribution in [0.4, 0.5) is 18.9 Å². The molecule has 0 aliphatic carbocycles. The summed E-state index contributed by atoms with van der Waals surface area (Å²) in [5.74, 6) is 0. The average molecular weight is 273 g/mol. The molecular formula is C10H4ClF3N4. The number of hydrogen-bond donors (Lipinski definition) is 1. The molecule has 18 heavy (non-hydrogen) atoms. The van der Waals surface area contributed by atoms with Crippen LogP contribution in [0.2, 0.25) is 5.02 Å². The summed E-state index contributed by atoms with van der Waals surface area (Å²) < 4.78 is 37.3. The van der Waals surface area contributed by atoms with Crippen LogP contribution in [-0.4, -0.2) is 5.71 Å². The van der Waals surface area contributed by atoms with Crippen molar-refractivity contribution in [2.45, 2.75) is 6.18 Å². The maximum atomic E-state index is 12.4. The van der Waals surface area contributed by atoms with Gasteiger partial charge in [0.2, 0.25) is 5.71 Å². The predicted octanol–water partition coefficient (Wildman–Crippen LogP) is 3.17. The molecule has 0 amide bonds. The Labute approximate surface area is 105 Å².